The average molecular weight is 232 g/mol. The average Bonchev–Trinajstić information content (AvgIpc) is 2.81. The number of benzene rings is 1. The minimum atomic E-state index is 0.531. The van der Waals surface area contributed by atoms with E-state index >= 15 is 0 Å². The Morgan fingerprint density at radius 3 is 2.65 bits per heavy atom. The molecule has 0 unspecified atom stereocenters. The third-order valence-electron chi connectivity index (χ3n) is 2.40. The highest BCUT2D eigenvalue weighted by Gasteiger charge is 2.13. The van der Waals surface area contributed by atoms with Crippen LogP contribution in [0.15, 0.2) is 34.7 Å². The maximum atomic E-state index is 5.57. The molecular weight excluding hydrogens is 216 g/mol. The van der Waals surface area contributed by atoms with Gasteiger partial charge in [0.25, 0.3) is 0 Å². The maximum absolute atomic E-state index is 5.57. The second-order valence-electron chi connectivity index (χ2n) is 3.59. The van der Waals surface area contributed by atoms with Gasteiger partial charge < -0.3 is 9.73 Å². The van der Waals surface area contributed by atoms with Crippen molar-refractivity contribution in [1.82, 2.24) is 15.5 Å². The summed E-state index contributed by atoms with van der Waals surface area (Å²) in [6.07, 6.45) is 0. The van der Waals surface area contributed by atoms with E-state index in [0.29, 0.717) is 18.5 Å². The first-order chi connectivity index (χ1) is 8.35. The molecule has 0 fully saturated rings. The van der Waals surface area contributed by atoms with E-state index in [2.05, 4.69) is 22.4 Å². The summed E-state index contributed by atoms with van der Waals surface area (Å²) in [5.74, 6) is 0.594. The van der Waals surface area contributed by atoms with Crippen LogP contribution in [0.5, 0.6) is 0 Å². The topological polar surface area (TPSA) is 54.2 Å². The van der Waals surface area contributed by atoms with Crippen molar-refractivity contribution in [3.05, 3.63) is 36.2 Å². The van der Waals surface area contributed by atoms with Gasteiger partial charge in [0, 0.05) is 12.2 Å². The molecule has 0 atom stereocenters. The monoisotopic (exact) mass is 232 g/mol. The highest BCUT2D eigenvalue weighted by atomic mass is 16.4. The van der Waals surface area contributed by atoms with E-state index in [1.807, 2.05) is 42.3 Å². The molecule has 0 saturated carbocycles. The fraction of sp³-hybridized carbons (Fsp3) is 0.333. The van der Waals surface area contributed by atoms with Crippen LogP contribution >= 0.6 is 0 Å². The number of para-hydroxylation sites is 1. The van der Waals surface area contributed by atoms with Gasteiger partial charge in [-0.2, -0.15) is 0 Å². The Balaban J connectivity index is 2.23. The molecule has 1 N–H and O–H groups in total. The molecule has 0 spiro atoms. The molecule has 1 heterocycles. The summed E-state index contributed by atoms with van der Waals surface area (Å²) < 4.78 is 5.57. The van der Waals surface area contributed by atoms with E-state index in [4.69, 9.17) is 4.42 Å². The van der Waals surface area contributed by atoms with Gasteiger partial charge in [0.1, 0.15) is 0 Å². The molecule has 90 valence electrons. The number of hydrogen-bond acceptors (Lipinski definition) is 5. The Labute approximate surface area is 100 Å². The van der Waals surface area contributed by atoms with Gasteiger partial charge in [0.15, 0.2) is 0 Å². The van der Waals surface area contributed by atoms with E-state index in [-0.39, 0.29) is 0 Å². The molecule has 17 heavy (non-hydrogen) atoms. The van der Waals surface area contributed by atoms with Crippen LogP contribution in [0.2, 0.25) is 0 Å². The standard InChI is InChI=1S/C12H16N4O/c1-3-16(10-7-5-4-6-8-10)12-15-14-11(17-12)9-13-2/h4-8,13H,3,9H2,1-2H3. The molecule has 0 aliphatic carbocycles. The van der Waals surface area contributed by atoms with E-state index in [9.17, 15) is 0 Å². The summed E-state index contributed by atoms with van der Waals surface area (Å²) in [6, 6.07) is 10.5. The Bertz CT molecular complexity index is 455. The van der Waals surface area contributed by atoms with Gasteiger partial charge >= 0.3 is 6.01 Å². The molecule has 2 aromatic rings. The summed E-state index contributed by atoms with van der Waals surface area (Å²) >= 11 is 0. The lowest BCUT2D eigenvalue weighted by Gasteiger charge is -2.17. The van der Waals surface area contributed by atoms with Gasteiger partial charge in [-0.3, -0.25) is 4.90 Å². The number of aromatic nitrogens is 2. The molecule has 5 nitrogen and oxygen atoms in total. The quantitative estimate of drug-likeness (QED) is 0.853. The number of nitrogens with one attached hydrogen (secondary N) is 1. The van der Waals surface area contributed by atoms with E-state index in [1.165, 1.54) is 0 Å². The number of anilines is 2. The number of hydrogen-bond donors (Lipinski definition) is 1. The summed E-state index contributed by atoms with van der Waals surface area (Å²) in [7, 11) is 1.85. The van der Waals surface area contributed by atoms with Gasteiger partial charge in [0.05, 0.1) is 6.54 Å². The predicted molar refractivity (Wildman–Crippen MR) is 66.2 cm³/mol. The Morgan fingerprint density at radius 1 is 1.24 bits per heavy atom. The van der Waals surface area contributed by atoms with Crippen LogP contribution in [0.25, 0.3) is 0 Å². The van der Waals surface area contributed by atoms with Crippen LogP contribution in [0.1, 0.15) is 12.8 Å². The van der Waals surface area contributed by atoms with Gasteiger partial charge in [-0.1, -0.05) is 23.3 Å². The largest absolute Gasteiger partial charge is 0.406 e. The van der Waals surface area contributed by atoms with Crippen LogP contribution in [-0.2, 0) is 6.54 Å². The fourth-order valence-electron chi connectivity index (χ4n) is 1.61. The molecule has 0 saturated heterocycles. The minimum Gasteiger partial charge on any atom is -0.406 e. The van der Waals surface area contributed by atoms with Crippen LogP contribution in [0.4, 0.5) is 11.7 Å². The third-order valence-corrected chi connectivity index (χ3v) is 2.40. The molecular formula is C12H16N4O. The van der Waals surface area contributed by atoms with Crippen molar-refractivity contribution in [2.24, 2.45) is 0 Å². The lowest BCUT2D eigenvalue weighted by Crippen LogP contribution is -2.16. The number of nitrogens with zero attached hydrogens (tertiary/aromatic N) is 3. The smallest absolute Gasteiger partial charge is 0.322 e. The fourth-order valence-corrected chi connectivity index (χ4v) is 1.61. The van der Waals surface area contributed by atoms with Crippen molar-refractivity contribution in [2.75, 3.05) is 18.5 Å². The summed E-state index contributed by atoms with van der Waals surface area (Å²) in [4.78, 5) is 1.98. The van der Waals surface area contributed by atoms with Crippen LogP contribution in [0.3, 0.4) is 0 Å². The summed E-state index contributed by atoms with van der Waals surface area (Å²) in [6.45, 7) is 3.42. The molecule has 0 aliphatic rings. The molecule has 1 aromatic carbocycles. The van der Waals surface area contributed by atoms with Crippen molar-refractivity contribution in [2.45, 2.75) is 13.5 Å². The summed E-state index contributed by atoms with van der Waals surface area (Å²) in [5.41, 5.74) is 1.05. The Kier molecular flexibility index (Phi) is 3.72. The third kappa shape index (κ3) is 2.62. The molecule has 0 bridgehead atoms. The SMILES string of the molecule is CCN(c1ccccc1)c1nnc(CNC)o1. The Hall–Kier alpha value is -1.88. The minimum absolute atomic E-state index is 0.531. The molecule has 1 aromatic heterocycles. The highest BCUT2D eigenvalue weighted by molar-refractivity contribution is 5.55. The van der Waals surface area contributed by atoms with Crippen LogP contribution in [0, 0.1) is 0 Å². The van der Waals surface area contributed by atoms with Crippen LogP contribution < -0.4 is 10.2 Å². The zero-order valence-electron chi connectivity index (χ0n) is 10.1. The first kappa shape index (κ1) is 11.6. The van der Waals surface area contributed by atoms with Crippen LogP contribution in [-0.4, -0.2) is 23.8 Å². The molecule has 5 heteroatoms. The molecule has 0 amide bonds. The van der Waals surface area contributed by atoms with Gasteiger partial charge in [-0.25, -0.2) is 0 Å². The van der Waals surface area contributed by atoms with Gasteiger partial charge in [0.2, 0.25) is 5.89 Å². The maximum Gasteiger partial charge on any atom is 0.322 e. The van der Waals surface area contributed by atoms with Crippen molar-refractivity contribution in [3.63, 3.8) is 0 Å². The zero-order valence-corrected chi connectivity index (χ0v) is 10.1. The first-order valence-electron chi connectivity index (χ1n) is 5.64. The van der Waals surface area contributed by atoms with E-state index in [0.717, 1.165) is 12.2 Å². The van der Waals surface area contributed by atoms with Gasteiger partial charge in [-0.15, -0.1) is 5.10 Å². The van der Waals surface area contributed by atoms with Crippen molar-refractivity contribution in [1.29, 1.82) is 0 Å². The lowest BCUT2D eigenvalue weighted by molar-refractivity contribution is 0.481. The molecule has 0 radical (unpaired) electrons. The second-order valence-corrected chi connectivity index (χ2v) is 3.59. The second kappa shape index (κ2) is 5.45. The van der Waals surface area contributed by atoms with Crippen molar-refractivity contribution < 1.29 is 4.42 Å². The number of rotatable bonds is 5. The zero-order chi connectivity index (χ0) is 12.1. The highest BCUT2D eigenvalue weighted by Crippen LogP contribution is 2.23. The van der Waals surface area contributed by atoms with E-state index < -0.39 is 0 Å². The molecule has 2 rings (SSSR count). The summed E-state index contributed by atoms with van der Waals surface area (Å²) in [5, 5.41) is 11.0. The first-order valence-corrected chi connectivity index (χ1v) is 5.64. The Morgan fingerprint density at radius 2 is 2.00 bits per heavy atom. The van der Waals surface area contributed by atoms with E-state index in [1.54, 1.807) is 0 Å². The van der Waals surface area contributed by atoms with Crippen molar-refractivity contribution >= 4 is 11.7 Å². The van der Waals surface area contributed by atoms with Gasteiger partial charge in [-0.05, 0) is 26.1 Å². The lowest BCUT2D eigenvalue weighted by atomic mass is 10.3. The molecule has 0 aliphatic heterocycles. The normalized spacial score (nSPS) is 10.5. The predicted octanol–water partition coefficient (Wildman–Crippen LogP) is 1.95. The van der Waals surface area contributed by atoms with Crippen molar-refractivity contribution in [3.8, 4) is 0 Å².